The summed E-state index contributed by atoms with van der Waals surface area (Å²) in [5, 5.41) is 20.2. The lowest BCUT2D eigenvalue weighted by Crippen LogP contribution is -2.48. The molecule has 1 heterocycles. The van der Waals surface area contributed by atoms with Gasteiger partial charge in [0.05, 0.1) is 0 Å². The van der Waals surface area contributed by atoms with Gasteiger partial charge in [0.1, 0.15) is 11.2 Å². The zero-order chi connectivity index (χ0) is 11.8. The smallest absolute Gasteiger partial charge is 0.104 e. The summed E-state index contributed by atoms with van der Waals surface area (Å²) in [7, 11) is 0. The average Bonchev–Trinajstić information content (AvgIpc) is 2.36. The van der Waals surface area contributed by atoms with Gasteiger partial charge in [-0.3, -0.25) is 4.90 Å². The molecule has 2 rings (SSSR count). The number of hydrogen-bond acceptors (Lipinski definition) is 3. The number of nitrogens with zero attached hydrogens (tertiary/aromatic N) is 1. The molecular formula is C13H19NO2. The third-order valence-corrected chi connectivity index (χ3v) is 3.47. The van der Waals surface area contributed by atoms with Crippen LogP contribution in [0.25, 0.3) is 0 Å². The van der Waals surface area contributed by atoms with E-state index in [1.807, 2.05) is 18.2 Å². The van der Waals surface area contributed by atoms with Gasteiger partial charge >= 0.3 is 0 Å². The Hall–Kier alpha value is -0.900. The Balaban J connectivity index is 2.05. The molecule has 2 atom stereocenters. The number of β-amino-alcohol motifs (C(OH)–C–C–N with tert-alkyl or cyclic N) is 2. The molecule has 0 saturated carbocycles. The second-order valence-corrected chi connectivity index (χ2v) is 5.18. The van der Waals surface area contributed by atoms with Gasteiger partial charge in [0.15, 0.2) is 0 Å². The van der Waals surface area contributed by atoms with Gasteiger partial charge in [-0.05, 0) is 19.4 Å². The lowest BCUT2D eigenvalue weighted by Gasteiger charge is -2.29. The largest absolute Gasteiger partial charge is 0.386 e. The van der Waals surface area contributed by atoms with Crippen LogP contribution in [-0.4, -0.2) is 39.4 Å². The van der Waals surface area contributed by atoms with Gasteiger partial charge < -0.3 is 10.2 Å². The molecule has 1 aliphatic rings. The fraction of sp³-hybridized carbons (Fsp3) is 0.538. The van der Waals surface area contributed by atoms with Crippen molar-refractivity contribution < 1.29 is 10.2 Å². The zero-order valence-electron chi connectivity index (χ0n) is 9.85. The van der Waals surface area contributed by atoms with Crippen LogP contribution in [0, 0.1) is 0 Å². The van der Waals surface area contributed by atoms with Crippen LogP contribution in [0.2, 0.25) is 0 Å². The van der Waals surface area contributed by atoms with E-state index in [0.29, 0.717) is 13.1 Å². The minimum absolute atomic E-state index is 0.509. The van der Waals surface area contributed by atoms with E-state index >= 15 is 0 Å². The van der Waals surface area contributed by atoms with E-state index < -0.39 is 11.2 Å². The lowest BCUT2D eigenvalue weighted by atomic mass is 9.90. The Bertz CT molecular complexity index is 343. The van der Waals surface area contributed by atoms with Crippen molar-refractivity contribution in [2.45, 2.75) is 31.6 Å². The molecular weight excluding hydrogens is 202 g/mol. The van der Waals surface area contributed by atoms with E-state index in [1.54, 1.807) is 13.8 Å². The van der Waals surface area contributed by atoms with Gasteiger partial charge in [0.2, 0.25) is 0 Å². The summed E-state index contributed by atoms with van der Waals surface area (Å²) < 4.78 is 0. The highest BCUT2D eigenvalue weighted by Gasteiger charge is 2.49. The van der Waals surface area contributed by atoms with Crippen molar-refractivity contribution in [3.63, 3.8) is 0 Å². The molecule has 0 radical (unpaired) electrons. The van der Waals surface area contributed by atoms with Crippen molar-refractivity contribution in [2.24, 2.45) is 0 Å². The molecule has 1 saturated heterocycles. The minimum atomic E-state index is -1.03. The molecule has 1 aromatic carbocycles. The molecule has 0 spiro atoms. The third kappa shape index (κ3) is 2.12. The fourth-order valence-corrected chi connectivity index (χ4v) is 2.22. The molecule has 0 aliphatic carbocycles. The third-order valence-electron chi connectivity index (χ3n) is 3.47. The first-order valence-corrected chi connectivity index (χ1v) is 5.62. The number of rotatable bonds is 2. The maximum atomic E-state index is 10.1. The Morgan fingerprint density at radius 2 is 1.56 bits per heavy atom. The lowest BCUT2D eigenvalue weighted by molar-refractivity contribution is -0.0935. The van der Waals surface area contributed by atoms with Gasteiger partial charge in [-0.2, -0.15) is 0 Å². The fourth-order valence-electron chi connectivity index (χ4n) is 2.22. The summed E-state index contributed by atoms with van der Waals surface area (Å²) in [5.41, 5.74) is -0.847. The van der Waals surface area contributed by atoms with E-state index in [0.717, 1.165) is 6.54 Å². The van der Waals surface area contributed by atoms with E-state index in [2.05, 4.69) is 17.0 Å². The second kappa shape index (κ2) is 3.84. The van der Waals surface area contributed by atoms with Crippen LogP contribution in [0.5, 0.6) is 0 Å². The molecule has 3 heteroatoms. The number of hydrogen-bond donors (Lipinski definition) is 2. The number of aliphatic hydroxyl groups is 2. The van der Waals surface area contributed by atoms with Gasteiger partial charge in [0.25, 0.3) is 0 Å². The Kier molecular flexibility index (Phi) is 2.78. The summed E-state index contributed by atoms with van der Waals surface area (Å²) in [6.07, 6.45) is 0. The van der Waals surface area contributed by atoms with Crippen LogP contribution < -0.4 is 0 Å². The molecule has 0 bridgehead atoms. The predicted octanol–water partition coefficient (Wildman–Crippen LogP) is 1.00. The predicted molar refractivity (Wildman–Crippen MR) is 63.0 cm³/mol. The molecule has 2 N–H and O–H groups in total. The topological polar surface area (TPSA) is 43.7 Å². The van der Waals surface area contributed by atoms with Crippen molar-refractivity contribution in [1.82, 2.24) is 4.90 Å². The van der Waals surface area contributed by atoms with Crippen LogP contribution in [-0.2, 0) is 6.54 Å². The van der Waals surface area contributed by atoms with Crippen molar-refractivity contribution in [1.29, 1.82) is 0 Å². The summed E-state index contributed by atoms with van der Waals surface area (Å²) in [5.74, 6) is 0. The van der Waals surface area contributed by atoms with Gasteiger partial charge in [-0.15, -0.1) is 0 Å². The van der Waals surface area contributed by atoms with Crippen molar-refractivity contribution in [3.05, 3.63) is 35.9 Å². The average molecular weight is 221 g/mol. The standard InChI is InChI=1S/C13H19NO2/c1-12(15)9-14(10-13(12,2)16)8-11-6-4-3-5-7-11/h3-7,15-16H,8-10H2,1-2H3. The maximum Gasteiger partial charge on any atom is 0.104 e. The molecule has 0 aromatic heterocycles. The Labute approximate surface area is 96.3 Å². The van der Waals surface area contributed by atoms with Gasteiger partial charge in [-0.25, -0.2) is 0 Å². The first-order chi connectivity index (χ1) is 7.41. The summed E-state index contributed by atoms with van der Waals surface area (Å²) in [6.45, 7) is 5.17. The summed E-state index contributed by atoms with van der Waals surface area (Å²) in [4.78, 5) is 2.08. The zero-order valence-corrected chi connectivity index (χ0v) is 9.85. The highest BCUT2D eigenvalue weighted by atomic mass is 16.4. The van der Waals surface area contributed by atoms with Crippen molar-refractivity contribution in [3.8, 4) is 0 Å². The van der Waals surface area contributed by atoms with Gasteiger partial charge in [0, 0.05) is 19.6 Å². The normalized spacial score (nSPS) is 35.5. The van der Waals surface area contributed by atoms with Crippen molar-refractivity contribution >= 4 is 0 Å². The first kappa shape index (κ1) is 11.6. The highest BCUT2D eigenvalue weighted by Crippen LogP contribution is 2.31. The molecule has 1 aliphatic heterocycles. The number of benzene rings is 1. The van der Waals surface area contributed by atoms with Crippen LogP contribution in [0.15, 0.2) is 30.3 Å². The first-order valence-electron chi connectivity index (χ1n) is 5.62. The Morgan fingerprint density at radius 1 is 1.06 bits per heavy atom. The Morgan fingerprint density at radius 3 is 2.06 bits per heavy atom. The maximum absolute atomic E-state index is 10.1. The van der Waals surface area contributed by atoms with Crippen LogP contribution >= 0.6 is 0 Å². The monoisotopic (exact) mass is 221 g/mol. The molecule has 88 valence electrons. The van der Waals surface area contributed by atoms with Gasteiger partial charge in [-0.1, -0.05) is 30.3 Å². The van der Waals surface area contributed by atoms with E-state index in [-0.39, 0.29) is 0 Å². The van der Waals surface area contributed by atoms with Crippen molar-refractivity contribution in [2.75, 3.05) is 13.1 Å². The molecule has 16 heavy (non-hydrogen) atoms. The molecule has 3 nitrogen and oxygen atoms in total. The minimum Gasteiger partial charge on any atom is -0.386 e. The van der Waals surface area contributed by atoms with E-state index in [4.69, 9.17) is 0 Å². The SMILES string of the molecule is CC1(O)CN(Cc2ccccc2)CC1(C)O. The molecule has 2 unspecified atom stereocenters. The van der Waals surface area contributed by atoms with Crippen LogP contribution in [0.3, 0.4) is 0 Å². The number of likely N-dealkylation sites (tertiary alicyclic amines) is 1. The highest BCUT2D eigenvalue weighted by molar-refractivity contribution is 5.16. The van der Waals surface area contributed by atoms with Crippen LogP contribution in [0.4, 0.5) is 0 Å². The van der Waals surface area contributed by atoms with Crippen LogP contribution in [0.1, 0.15) is 19.4 Å². The van der Waals surface area contributed by atoms with E-state index in [9.17, 15) is 10.2 Å². The molecule has 1 aromatic rings. The molecule has 0 amide bonds. The molecule has 1 fully saturated rings. The van der Waals surface area contributed by atoms with E-state index in [1.165, 1.54) is 5.56 Å². The quantitative estimate of drug-likeness (QED) is 0.783. The summed E-state index contributed by atoms with van der Waals surface area (Å²) >= 11 is 0. The summed E-state index contributed by atoms with van der Waals surface area (Å²) in [6, 6.07) is 10.1. The second-order valence-electron chi connectivity index (χ2n) is 5.18.